The number of hydrogen-bond donors (Lipinski definition) is 1. The van der Waals surface area contributed by atoms with Crippen LogP contribution in [0.5, 0.6) is 5.75 Å². The Hall–Kier alpha value is -1.69. The Kier molecular flexibility index (Phi) is 3.53. The summed E-state index contributed by atoms with van der Waals surface area (Å²) in [6.45, 7) is -2.43. The molecule has 1 N–H and O–H groups in total. The maximum absolute atomic E-state index is 11.9. The number of halogens is 2. The van der Waals surface area contributed by atoms with Crippen molar-refractivity contribution in [3.63, 3.8) is 0 Å². The van der Waals surface area contributed by atoms with Crippen molar-refractivity contribution in [3.8, 4) is 5.75 Å². The molecule has 1 aliphatic heterocycles. The summed E-state index contributed by atoms with van der Waals surface area (Å²) >= 11 is 0. The zero-order valence-corrected chi connectivity index (χ0v) is 8.86. The van der Waals surface area contributed by atoms with Crippen LogP contribution in [-0.2, 0) is 9.53 Å². The smallest absolute Gasteiger partial charge is 0.387 e. The van der Waals surface area contributed by atoms with E-state index >= 15 is 0 Å². The van der Waals surface area contributed by atoms with Gasteiger partial charge < -0.3 is 14.8 Å². The second kappa shape index (κ2) is 5.09. The molecule has 6 heteroatoms. The van der Waals surface area contributed by atoms with Gasteiger partial charge in [-0.1, -0.05) is 12.1 Å². The summed E-state index contributed by atoms with van der Waals surface area (Å²) in [7, 11) is 0. The van der Waals surface area contributed by atoms with Crippen LogP contribution in [0.3, 0.4) is 0 Å². The fraction of sp³-hybridized carbons (Fsp3) is 0.364. The van der Waals surface area contributed by atoms with Crippen LogP contribution in [0.4, 0.5) is 8.78 Å². The lowest BCUT2D eigenvalue weighted by atomic mass is 10.1. The molecule has 0 aromatic heterocycles. The molecule has 1 atom stereocenters. The van der Waals surface area contributed by atoms with Crippen molar-refractivity contribution in [2.24, 2.45) is 0 Å². The van der Waals surface area contributed by atoms with Gasteiger partial charge in [-0.15, -0.1) is 0 Å². The largest absolute Gasteiger partial charge is 0.435 e. The van der Waals surface area contributed by atoms with E-state index in [2.05, 4.69) is 10.1 Å². The van der Waals surface area contributed by atoms with Crippen molar-refractivity contribution in [2.45, 2.75) is 12.7 Å². The molecule has 1 saturated heterocycles. The molecule has 1 heterocycles. The first-order chi connectivity index (χ1) is 8.15. The molecule has 2 rings (SSSR count). The van der Waals surface area contributed by atoms with Crippen molar-refractivity contribution < 1.29 is 23.0 Å². The molecule has 1 aliphatic rings. The van der Waals surface area contributed by atoms with E-state index in [1.165, 1.54) is 12.1 Å². The van der Waals surface area contributed by atoms with Crippen molar-refractivity contribution in [1.82, 2.24) is 5.32 Å². The maximum atomic E-state index is 11.9. The maximum Gasteiger partial charge on any atom is 0.387 e. The van der Waals surface area contributed by atoms with Crippen LogP contribution in [0.25, 0.3) is 0 Å². The van der Waals surface area contributed by atoms with E-state index in [4.69, 9.17) is 4.74 Å². The van der Waals surface area contributed by atoms with Gasteiger partial charge in [0.1, 0.15) is 18.5 Å². The van der Waals surface area contributed by atoms with Gasteiger partial charge in [-0.3, -0.25) is 4.79 Å². The van der Waals surface area contributed by atoms with Gasteiger partial charge in [0.15, 0.2) is 0 Å². The SMILES string of the molecule is O=C1CO[C@@H](c2ccc(OC(F)F)cc2)CN1. The van der Waals surface area contributed by atoms with Crippen LogP contribution in [0.2, 0.25) is 0 Å². The van der Waals surface area contributed by atoms with Gasteiger partial charge in [-0.05, 0) is 17.7 Å². The monoisotopic (exact) mass is 243 g/mol. The van der Waals surface area contributed by atoms with Crippen LogP contribution in [0, 0.1) is 0 Å². The minimum atomic E-state index is -2.83. The van der Waals surface area contributed by atoms with E-state index in [-0.39, 0.29) is 24.4 Å². The normalized spacial score (nSPS) is 20.2. The number of benzene rings is 1. The topological polar surface area (TPSA) is 47.6 Å². The van der Waals surface area contributed by atoms with Crippen molar-refractivity contribution >= 4 is 5.91 Å². The third kappa shape index (κ3) is 3.13. The van der Waals surface area contributed by atoms with Gasteiger partial charge >= 0.3 is 6.61 Å². The predicted molar refractivity (Wildman–Crippen MR) is 54.8 cm³/mol. The molecule has 0 radical (unpaired) electrons. The number of carbonyl (C=O) groups excluding carboxylic acids is 1. The fourth-order valence-corrected chi connectivity index (χ4v) is 1.57. The summed E-state index contributed by atoms with van der Waals surface area (Å²) in [5.74, 6) is -0.0532. The minimum absolute atomic E-state index is 0.0138. The Balaban J connectivity index is 2.00. The lowest BCUT2D eigenvalue weighted by Crippen LogP contribution is -2.38. The third-order valence-electron chi connectivity index (χ3n) is 2.38. The molecule has 1 aromatic carbocycles. The third-order valence-corrected chi connectivity index (χ3v) is 2.38. The highest BCUT2D eigenvalue weighted by Crippen LogP contribution is 2.22. The Bertz CT molecular complexity index is 384. The number of morpholine rings is 1. The highest BCUT2D eigenvalue weighted by molar-refractivity contribution is 5.77. The molecule has 1 aromatic rings. The lowest BCUT2D eigenvalue weighted by Gasteiger charge is -2.23. The number of amides is 1. The van der Waals surface area contributed by atoms with Gasteiger partial charge in [0.05, 0.1) is 0 Å². The lowest BCUT2D eigenvalue weighted by molar-refractivity contribution is -0.133. The van der Waals surface area contributed by atoms with Crippen LogP contribution in [0.1, 0.15) is 11.7 Å². The molecule has 1 fully saturated rings. The summed E-state index contributed by atoms with van der Waals surface area (Å²) in [4.78, 5) is 10.9. The molecule has 0 bridgehead atoms. The minimum Gasteiger partial charge on any atom is -0.435 e. The second-order valence-corrected chi connectivity index (χ2v) is 3.55. The molecule has 0 unspecified atom stereocenters. The van der Waals surface area contributed by atoms with Gasteiger partial charge in [0, 0.05) is 6.54 Å². The van der Waals surface area contributed by atoms with Gasteiger partial charge in [0.2, 0.25) is 5.91 Å². The number of nitrogens with one attached hydrogen (secondary N) is 1. The predicted octanol–water partition coefficient (Wildman–Crippen LogP) is 1.48. The average Bonchev–Trinajstić information content (AvgIpc) is 2.30. The number of rotatable bonds is 3. The van der Waals surface area contributed by atoms with Crippen molar-refractivity contribution in [2.75, 3.05) is 13.2 Å². The van der Waals surface area contributed by atoms with Crippen LogP contribution in [0.15, 0.2) is 24.3 Å². The molecular formula is C11H11F2NO3. The summed E-state index contributed by atoms with van der Waals surface area (Å²) in [5, 5.41) is 2.66. The van der Waals surface area contributed by atoms with Crippen LogP contribution in [-0.4, -0.2) is 25.7 Å². The second-order valence-electron chi connectivity index (χ2n) is 3.55. The molecule has 17 heavy (non-hydrogen) atoms. The molecule has 0 saturated carbocycles. The first kappa shape index (κ1) is 11.8. The fourth-order valence-electron chi connectivity index (χ4n) is 1.57. The number of ether oxygens (including phenoxy) is 2. The summed E-state index contributed by atoms with van der Waals surface area (Å²) in [6.07, 6.45) is -0.242. The van der Waals surface area contributed by atoms with E-state index < -0.39 is 6.61 Å². The van der Waals surface area contributed by atoms with Gasteiger partial charge in [-0.2, -0.15) is 8.78 Å². The Morgan fingerprint density at radius 3 is 2.59 bits per heavy atom. The Morgan fingerprint density at radius 2 is 2.06 bits per heavy atom. The van der Waals surface area contributed by atoms with Gasteiger partial charge in [-0.25, -0.2) is 0 Å². The molecule has 0 aliphatic carbocycles. The highest BCUT2D eigenvalue weighted by atomic mass is 19.3. The standard InChI is InChI=1S/C11H11F2NO3/c12-11(13)17-8-3-1-7(2-4-8)9-5-14-10(15)6-16-9/h1-4,9,11H,5-6H2,(H,14,15)/t9-/m1/s1. The Morgan fingerprint density at radius 1 is 1.35 bits per heavy atom. The zero-order chi connectivity index (χ0) is 12.3. The molecule has 0 spiro atoms. The van der Waals surface area contributed by atoms with E-state index in [1.54, 1.807) is 12.1 Å². The van der Waals surface area contributed by atoms with E-state index in [0.29, 0.717) is 6.54 Å². The van der Waals surface area contributed by atoms with Crippen LogP contribution >= 0.6 is 0 Å². The molecule has 4 nitrogen and oxygen atoms in total. The Labute approximate surface area is 96.5 Å². The summed E-state index contributed by atoms with van der Waals surface area (Å²) in [5.41, 5.74) is 0.812. The molecule has 1 amide bonds. The van der Waals surface area contributed by atoms with E-state index in [1.807, 2.05) is 0 Å². The van der Waals surface area contributed by atoms with Crippen molar-refractivity contribution in [3.05, 3.63) is 29.8 Å². The highest BCUT2D eigenvalue weighted by Gasteiger charge is 2.19. The van der Waals surface area contributed by atoms with Gasteiger partial charge in [0.25, 0.3) is 0 Å². The van der Waals surface area contributed by atoms with E-state index in [9.17, 15) is 13.6 Å². The molecular weight excluding hydrogens is 232 g/mol. The molecule has 92 valence electrons. The number of hydrogen-bond acceptors (Lipinski definition) is 3. The quantitative estimate of drug-likeness (QED) is 0.874. The summed E-state index contributed by atoms with van der Waals surface area (Å²) in [6, 6.07) is 6.17. The number of alkyl halides is 2. The summed E-state index contributed by atoms with van der Waals surface area (Å²) < 4.78 is 33.4. The van der Waals surface area contributed by atoms with Crippen molar-refractivity contribution in [1.29, 1.82) is 0 Å². The first-order valence-electron chi connectivity index (χ1n) is 5.08. The first-order valence-corrected chi connectivity index (χ1v) is 5.08. The van der Waals surface area contributed by atoms with Crippen LogP contribution < -0.4 is 10.1 Å². The zero-order valence-electron chi connectivity index (χ0n) is 8.86. The number of carbonyl (C=O) groups is 1. The average molecular weight is 243 g/mol. The van der Waals surface area contributed by atoms with E-state index in [0.717, 1.165) is 5.56 Å².